The van der Waals surface area contributed by atoms with Crippen LogP contribution in [-0.2, 0) is 19.2 Å². The van der Waals surface area contributed by atoms with E-state index in [0.29, 0.717) is 70.3 Å². The molecule has 8 aromatic carbocycles. The highest BCUT2D eigenvalue weighted by Crippen LogP contribution is 2.49. The van der Waals surface area contributed by atoms with Crippen molar-refractivity contribution in [2.75, 3.05) is 71.1 Å². The molecule has 0 bridgehead atoms. The van der Waals surface area contributed by atoms with Gasteiger partial charge in [-0.05, 0) is 82.9 Å². The number of methoxy groups -OCH3 is 10. The van der Waals surface area contributed by atoms with Crippen LogP contribution in [-0.4, -0.2) is 95.0 Å². The summed E-state index contributed by atoms with van der Waals surface area (Å²) in [6.07, 6.45) is 1.21. The summed E-state index contributed by atoms with van der Waals surface area (Å²) in [4.78, 5) is 47.7. The molecule has 4 atom stereocenters. The zero-order valence-corrected chi connectivity index (χ0v) is 50.5. The second-order valence-electron chi connectivity index (χ2n) is 20.3. The summed E-state index contributed by atoms with van der Waals surface area (Å²) in [5.41, 5.74) is 7.87. The van der Waals surface area contributed by atoms with Crippen LogP contribution >= 0.6 is 0 Å². The minimum atomic E-state index is -0.270. The Labute approximate surface area is 510 Å². The van der Waals surface area contributed by atoms with E-state index in [1.807, 2.05) is 121 Å². The Morgan fingerprint density at radius 2 is 0.500 bits per heavy atom. The minimum Gasteiger partial charge on any atom is -0.497 e. The van der Waals surface area contributed by atoms with Gasteiger partial charge in [0.1, 0.15) is 80.5 Å². The highest BCUT2D eigenvalue weighted by molar-refractivity contribution is 5.81. The summed E-state index contributed by atoms with van der Waals surface area (Å²) >= 11 is 0. The van der Waals surface area contributed by atoms with E-state index >= 15 is 0 Å². The molecule has 0 unspecified atom stereocenters. The molecule has 0 fully saturated rings. The highest BCUT2D eigenvalue weighted by atomic mass is 16.6. The fourth-order valence-electron chi connectivity index (χ4n) is 10.9. The second-order valence-corrected chi connectivity index (χ2v) is 20.3. The first-order chi connectivity index (χ1) is 42.7. The molecule has 4 aliphatic rings. The maximum absolute atomic E-state index is 12.0. The molecule has 4 heterocycles. The van der Waals surface area contributed by atoms with Gasteiger partial charge in [-0.15, -0.1) is 0 Å². The average Bonchev–Trinajstić information content (AvgIpc) is 1.20. The van der Waals surface area contributed by atoms with E-state index in [9.17, 15) is 19.2 Å². The molecular weight excluding hydrogens is 1130 g/mol. The van der Waals surface area contributed by atoms with E-state index in [-0.39, 0.29) is 60.4 Å². The van der Waals surface area contributed by atoms with Crippen LogP contribution in [0, 0.1) is 0 Å². The zero-order valence-electron chi connectivity index (χ0n) is 50.5. The van der Waals surface area contributed by atoms with Gasteiger partial charge in [0.15, 0.2) is 0 Å². The largest absolute Gasteiger partial charge is 0.497 e. The third-order valence-electron chi connectivity index (χ3n) is 15.4. The Morgan fingerprint density at radius 1 is 0.261 bits per heavy atom. The van der Waals surface area contributed by atoms with Crippen molar-refractivity contribution in [2.24, 2.45) is 0 Å². The molecule has 0 radical (unpaired) electrons. The van der Waals surface area contributed by atoms with Gasteiger partial charge in [0.05, 0.1) is 96.8 Å². The van der Waals surface area contributed by atoms with E-state index in [0.717, 1.165) is 67.5 Å². The number of carbonyl (C=O) groups is 4. The Bertz CT molecular complexity index is 3500. The van der Waals surface area contributed by atoms with Crippen LogP contribution in [0.1, 0.15) is 93.9 Å². The van der Waals surface area contributed by atoms with Crippen molar-refractivity contribution in [2.45, 2.75) is 49.4 Å². The van der Waals surface area contributed by atoms with Gasteiger partial charge in [-0.25, -0.2) is 0 Å². The number of ether oxygens (including phenoxy) is 14. The quantitative estimate of drug-likeness (QED) is 0.0735. The Kier molecular flexibility index (Phi) is 20.3. The molecule has 88 heavy (non-hydrogen) atoms. The molecule has 12 rings (SSSR count). The normalized spacial score (nSPS) is 16.6. The molecule has 0 spiro atoms. The van der Waals surface area contributed by atoms with Gasteiger partial charge >= 0.3 is 23.9 Å². The number of esters is 4. The van der Waals surface area contributed by atoms with Crippen molar-refractivity contribution in [3.8, 4) is 80.5 Å². The van der Waals surface area contributed by atoms with Crippen LogP contribution in [0.2, 0.25) is 0 Å². The molecule has 0 amide bonds. The van der Waals surface area contributed by atoms with Gasteiger partial charge in [0, 0.05) is 82.3 Å². The predicted molar refractivity (Wildman–Crippen MR) is 325 cm³/mol. The van der Waals surface area contributed by atoms with E-state index in [4.69, 9.17) is 66.3 Å². The van der Waals surface area contributed by atoms with E-state index in [1.165, 1.54) is 0 Å². The first kappa shape index (κ1) is 62.2. The number of hydrogen-bond acceptors (Lipinski definition) is 18. The molecular formula is C70H68O18. The highest BCUT2D eigenvalue weighted by Gasteiger charge is 2.35. The Hall–Kier alpha value is -10.4. The lowest BCUT2D eigenvalue weighted by atomic mass is 9.85. The zero-order chi connectivity index (χ0) is 62.4. The number of hydrogen-bond donors (Lipinski definition) is 0. The van der Waals surface area contributed by atoms with Crippen molar-refractivity contribution in [1.29, 1.82) is 0 Å². The minimum absolute atomic E-state index is 0.00179. The topological polar surface area (TPSA) is 197 Å². The van der Waals surface area contributed by atoms with Crippen LogP contribution < -0.4 is 66.3 Å². The van der Waals surface area contributed by atoms with Gasteiger partial charge in [-0.1, -0.05) is 60.7 Å². The lowest BCUT2D eigenvalue weighted by molar-refractivity contribution is -0.136. The standard InChI is InChI=1S/2C18H18O5.2C17H16O4/c2*1-20-12-6-4-11(5-7-12)14-10-17(19)23-16-9-13(21-2)8-15(22-3)18(14)16;2*1-19-12-5-3-11(4-6-12)15-10-17(18)21-16-9-13(20-2)7-8-14(15)16/h2*4-9,14H,10H2,1-3H3;2*3-9,15H,10H2,1-2H3/t2*14-;2*15-/m1010/s1. The van der Waals surface area contributed by atoms with E-state index in [1.54, 1.807) is 107 Å². The fourth-order valence-corrected chi connectivity index (χ4v) is 10.9. The summed E-state index contributed by atoms with van der Waals surface area (Å²) in [5, 5.41) is 0. The Balaban J connectivity index is 0.000000140. The Morgan fingerprint density at radius 3 is 0.773 bits per heavy atom. The van der Waals surface area contributed by atoms with Crippen molar-refractivity contribution in [3.05, 3.63) is 202 Å². The van der Waals surface area contributed by atoms with Crippen LogP contribution in [0.4, 0.5) is 0 Å². The fraction of sp³-hybridized carbons (Fsp3) is 0.257. The van der Waals surface area contributed by atoms with Crippen molar-refractivity contribution in [1.82, 2.24) is 0 Å². The van der Waals surface area contributed by atoms with Crippen molar-refractivity contribution >= 4 is 23.9 Å². The molecule has 0 aromatic heterocycles. The molecule has 0 N–H and O–H groups in total. The first-order valence-electron chi connectivity index (χ1n) is 28.0. The average molecular weight is 1200 g/mol. The molecule has 8 aromatic rings. The molecule has 0 aliphatic carbocycles. The van der Waals surface area contributed by atoms with Crippen molar-refractivity contribution < 1.29 is 85.5 Å². The summed E-state index contributed by atoms with van der Waals surface area (Å²) < 4.78 is 74.0. The predicted octanol–water partition coefficient (Wildman–Crippen LogP) is 12.6. The molecule has 18 heteroatoms. The summed E-state index contributed by atoms with van der Waals surface area (Å²) in [5.74, 6) is 7.83. The molecule has 0 saturated heterocycles. The number of carbonyl (C=O) groups excluding carboxylic acids is 4. The third-order valence-corrected chi connectivity index (χ3v) is 15.4. The summed E-state index contributed by atoms with van der Waals surface area (Å²) in [7, 11) is 16.0. The van der Waals surface area contributed by atoms with Crippen LogP contribution in [0.25, 0.3) is 0 Å². The maximum Gasteiger partial charge on any atom is 0.312 e. The van der Waals surface area contributed by atoms with Crippen LogP contribution in [0.15, 0.2) is 158 Å². The molecule has 4 aliphatic heterocycles. The number of fused-ring (bicyclic) bond motifs is 4. The van der Waals surface area contributed by atoms with Gasteiger partial charge < -0.3 is 66.3 Å². The molecule has 18 nitrogen and oxygen atoms in total. The van der Waals surface area contributed by atoms with Crippen LogP contribution in [0.3, 0.4) is 0 Å². The SMILES string of the molecule is COc1ccc([C@@H]2CC(=O)Oc3cc(OC)cc(OC)c32)cc1.COc1ccc([C@@H]2CC(=O)Oc3cc(OC)ccc32)cc1.COc1ccc([C@H]2CC(=O)Oc3cc(OC)cc(OC)c32)cc1.COc1ccc([C@H]2CC(=O)Oc3cc(OC)ccc32)cc1. The third kappa shape index (κ3) is 14.3. The smallest absolute Gasteiger partial charge is 0.312 e. The number of rotatable bonds is 14. The lowest BCUT2D eigenvalue weighted by Gasteiger charge is -2.27. The molecule has 456 valence electrons. The van der Waals surface area contributed by atoms with E-state index in [2.05, 4.69) is 0 Å². The van der Waals surface area contributed by atoms with Gasteiger partial charge in [0.25, 0.3) is 0 Å². The number of benzene rings is 8. The lowest BCUT2D eigenvalue weighted by Crippen LogP contribution is -2.21. The second kappa shape index (κ2) is 28.7. The van der Waals surface area contributed by atoms with Crippen molar-refractivity contribution in [3.63, 3.8) is 0 Å². The van der Waals surface area contributed by atoms with Gasteiger partial charge in [-0.2, -0.15) is 0 Å². The first-order valence-corrected chi connectivity index (χ1v) is 28.0. The van der Waals surface area contributed by atoms with E-state index < -0.39 is 0 Å². The summed E-state index contributed by atoms with van der Waals surface area (Å²) in [6.45, 7) is 0. The van der Waals surface area contributed by atoms with Crippen LogP contribution in [0.5, 0.6) is 80.5 Å². The van der Waals surface area contributed by atoms with Gasteiger partial charge in [-0.3, -0.25) is 19.2 Å². The molecule has 0 saturated carbocycles. The monoisotopic (exact) mass is 1200 g/mol. The van der Waals surface area contributed by atoms with Gasteiger partial charge in [0.2, 0.25) is 0 Å². The summed E-state index contributed by atoms with van der Waals surface area (Å²) in [6, 6.07) is 49.1. The maximum atomic E-state index is 12.0.